The lowest BCUT2D eigenvalue weighted by molar-refractivity contribution is -0.0225. The fraction of sp³-hybridized carbons (Fsp3) is 0.263. The third-order valence-corrected chi connectivity index (χ3v) is 3.98. The second-order valence-electron chi connectivity index (χ2n) is 5.56. The van der Waals surface area contributed by atoms with Gasteiger partial charge in [-0.1, -0.05) is 66.7 Å². The molecule has 0 aromatic heterocycles. The first-order valence-corrected chi connectivity index (χ1v) is 7.54. The van der Waals surface area contributed by atoms with Crippen LogP contribution in [0.5, 0.6) is 0 Å². The molecule has 3 heteroatoms. The second kappa shape index (κ2) is 6.88. The monoisotopic (exact) mass is 296 g/mol. The van der Waals surface area contributed by atoms with Gasteiger partial charge in [-0.15, -0.1) is 0 Å². The van der Waals surface area contributed by atoms with Crippen molar-refractivity contribution in [3.8, 4) is 0 Å². The van der Waals surface area contributed by atoms with E-state index in [2.05, 4.69) is 24.3 Å². The number of aliphatic hydroxyl groups is 2. The van der Waals surface area contributed by atoms with Crippen LogP contribution in [0.3, 0.4) is 0 Å². The molecule has 2 aromatic rings. The molecule has 0 amide bonds. The van der Waals surface area contributed by atoms with Crippen molar-refractivity contribution in [2.45, 2.75) is 24.7 Å². The number of rotatable bonds is 4. The largest absolute Gasteiger partial charge is 0.394 e. The summed E-state index contributed by atoms with van der Waals surface area (Å²) < 4.78 is 5.66. The summed E-state index contributed by atoms with van der Waals surface area (Å²) in [6, 6.07) is 18.3. The first kappa shape index (κ1) is 15.0. The fourth-order valence-electron chi connectivity index (χ4n) is 2.69. The molecule has 1 aliphatic heterocycles. The Balaban J connectivity index is 1.67. The van der Waals surface area contributed by atoms with Crippen LogP contribution in [0.1, 0.15) is 29.2 Å². The molecule has 0 unspecified atom stereocenters. The van der Waals surface area contributed by atoms with Gasteiger partial charge in [0.05, 0.1) is 18.8 Å². The fourth-order valence-corrected chi connectivity index (χ4v) is 2.69. The quantitative estimate of drug-likeness (QED) is 0.853. The minimum atomic E-state index is -0.590. The maximum atomic E-state index is 9.79. The van der Waals surface area contributed by atoms with Crippen LogP contribution in [-0.4, -0.2) is 29.0 Å². The lowest BCUT2D eigenvalue weighted by Gasteiger charge is -2.12. The highest BCUT2D eigenvalue weighted by molar-refractivity contribution is 5.69. The van der Waals surface area contributed by atoms with Crippen molar-refractivity contribution in [3.05, 3.63) is 71.3 Å². The van der Waals surface area contributed by atoms with Crippen LogP contribution in [0, 0.1) is 0 Å². The molecule has 2 aromatic carbocycles. The van der Waals surface area contributed by atoms with Gasteiger partial charge in [0.15, 0.2) is 0 Å². The van der Waals surface area contributed by atoms with Crippen molar-refractivity contribution < 1.29 is 14.9 Å². The van der Waals surface area contributed by atoms with Gasteiger partial charge in [0.2, 0.25) is 0 Å². The predicted octanol–water partition coefficient (Wildman–Crippen LogP) is 3.04. The van der Waals surface area contributed by atoms with E-state index in [4.69, 9.17) is 9.84 Å². The lowest BCUT2D eigenvalue weighted by atomic mass is 10.0. The van der Waals surface area contributed by atoms with Crippen LogP contribution in [0.2, 0.25) is 0 Å². The van der Waals surface area contributed by atoms with Gasteiger partial charge in [-0.05, 0) is 16.7 Å². The molecule has 114 valence electrons. The highest BCUT2D eigenvalue weighted by Gasteiger charge is 2.33. The molecule has 0 spiro atoms. The van der Waals surface area contributed by atoms with Crippen LogP contribution >= 0.6 is 0 Å². The Labute approximate surface area is 130 Å². The van der Waals surface area contributed by atoms with E-state index in [1.54, 1.807) is 0 Å². The summed E-state index contributed by atoms with van der Waals surface area (Å²) in [4.78, 5) is 0. The zero-order chi connectivity index (χ0) is 15.4. The van der Waals surface area contributed by atoms with Gasteiger partial charge in [0, 0.05) is 6.42 Å². The Morgan fingerprint density at radius 3 is 2.18 bits per heavy atom. The summed E-state index contributed by atoms with van der Waals surface area (Å²) in [5, 5.41) is 18.9. The maximum Gasteiger partial charge on any atom is 0.107 e. The van der Waals surface area contributed by atoms with E-state index in [1.165, 1.54) is 5.56 Å². The van der Waals surface area contributed by atoms with Gasteiger partial charge >= 0.3 is 0 Å². The van der Waals surface area contributed by atoms with Crippen LogP contribution in [-0.2, 0) is 4.74 Å². The molecule has 0 saturated carbocycles. The van der Waals surface area contributed by atoms with Crippen molar-refractivity contribution in [1.29, 1.82) is 0 Å². The smallest absolute Gasteiger partial charge is 0.107 e. The summed E-state index contributed by atoms with van der Waals surface area (Å²) in [6.45, 7) is -0.143. The molecular weight excluding hydrogens is 276 g/mol. The normalized spacial score (nSPS) is 24.9. The molecule has 2 N–H and O–H groups in total. The summed E-state index contributed by atoms with van der Waals surface area (Å²) >= 11 is 0. The van der Waals surface area contributed by atoms with E-state index >= 15 is 0 Å². The van der Waals surface area contributed by atoms with Gasteiger partial charge in [-0.3, -0.25) is 0 Å². The van der Waals surface area contributed by atoms with Gasteiger partial charge in [-0.2, -0.15) is 0 Å². The van der Waals surface area contributed by atoms with Crippen molar-refractivity contribution in [1.82, 2.24) is 0 Å². The molecule has 0 bridgehead atoms. The molecule has 22 heavy (non-hydrogen) atoms. The molecule has 0 aliphatic carbocycles. The molecule has 3 atom stereocenters. The predicted molar refractivity (Wildman–Crippen MR) is 87.1 cm³/mol. The van der Waals surface area contributed by atoms with E-state index in [-0.39, 0.29) is 12.7 Å². The van der Waals surface area contributed by atoms with Crippen molar-refractivity contribution in [2.75, 3.05) is 6.61 Å². The van der Waals surface area contributed by atoms with Crippen LogP contribution in [0.4, 0.5) is 0 Å². The van der Waals surface area contributed by atoms with Crippen molar-refractivity contribution in [2.24, 2.45) is 0 Å². The molecule has 1 aliphatic rings. The van der Waals surface area contributed by atoms with Crippen molar-refractivity contribution in [3.63, 3.8) is 0 Å². The summed E-state index contributed by atoms with van der Waals surface area (Å²) in [5.74, 6) is 0. The Hall–Kier alpha value is -1.94. The van der Waals surface area contributed by atoms with E-state index in [0.29, 0.717) is 6.42 Å². The average Bonchev–Trinajstić information content (AvgIpc) is 2.95. The van der Waals surface area contributed by atoms with Crippen molar-refractivity contribution >= 4 is 12.2 Å². The summed E-state index contributed by atoms with van der Waals surface area (Å²) in [5.41, 5.74) is 3.32. The highest BCUT2D eigenvalue weighted by Crippen LogP contribution is 2.33. The Morgan fingerprint density at radius 1 is 0.955 bits per heavy atom. The minimum Gasteiger partial charge on any atom is -0.394 e. The first-order valence-electron chi connectivity index (χ1n) is 7.54. The highest BCUT2D eigenvalue weighted by atomic mass is 16.5. The Bertz CT molecular complexity index is 619. The van der Waals surface area contributed by atoms with E-state index < -0.39 is 12.2 Å². The van der Waals surface area contributed by atoms with Gasteiger partial charge < -0.3 is 14.9 Å². The molecule has 3 rings (SSSR count). The molecule has 1 fully saturated rings. The minimum absolute atomic E-state index is 0.140. The topological polar surface area (TPSA) is 49.7 Å². The van der Waals surface area contributed by atoms with Gasteiger partial charge in [0.1, 0.15) is 6.10 Å². The molecular formula is C19H20O3. The first-order chi connectivity index (χ1) is 10.8. The molecule has 1 saturated heterocycles. The third kappa shape index (κ3) is 3.45. The SMILES string of the molecule is OC[C@H]1O[C@@H](c2ccc(/C=C/c3ccccc3)cc2)C[C@H]1O. The molecule has 1 heterocycles. The summed E-state index contributed by atoms with van der Waals surface area (Å²) in [7, 11) is 0. The second-order valence-corrected chi connectivity index (χ2v) is 5.56. The zero-order valence-electron chi connectivity index (χ0n) is 12.3. The Kier molecular flexibility index (Phi) is 4.68. The number of hydrogen-bond donors (Lipinski definition) is 2. The lowest BCUT2D eigenvalue weighted by Crippen LogP contribution is -2.24. The number of aliphatic hydroxyl groups excluding tert-OH is 2. The molecule has 0 radical (unpaired) electrons. The standard InChI is InChI=1S/C19H20O3/c20-13-19-17(21)12-18(22-19)16-10-8-15(9-11-16)7-6-14-4-2-1-3-5-14/h1-11,17-21H,12-13H2/b7-6+/t17-,18-,19-/m1/s1. The molecule has 3 nitrogen and oxygen atoms in total. The maximum absolute atomic E-state index is 9.79. The summed E-state index contributed by atoms with van der Waals surface area (Å²) in [6.07, 6.45) is 3.48. The van der Waals surface area contributed by atoms with Crippen LogP contribution in [0.15, 0.2) is 54.6 Å². The number of ether oxygens (including phenoxy) is 1. The number of hydrogen-bond acceptors (Lipinski definition) is 3. The van der Waals surface area contributed by atoms with Gasteiger partial charge in [-0.25, -0.2) is 0 Å². The number of benzene rings is 2. The van der Waals surface area contributed by atoms with Crippen LogP contribution in [0.25, 0.3) is 12.2 Å². The third-order valence-electron chi connectivity index (χ3n) is 3.98. The van der Waals surface area contributed by atoms with Crippen LogP contribution < -0.4 is 0 Å². The van der Waals surface area contributed by atoms with E-state index in [9.17, 15) is 5.11 Å². The Morgan fingerprint density at radius 2 is 1.59 bits per heavy atom. The zero-order valence-corrected chi connectivity index (χ0v) is 12.3. The average molecular weight is 296 g/mol. The van der Waals surface area contributed by atoms with E-state index in [1.807, 2.05) is 42.5 Å². The van der Waals surface area contributed by atoms with Gasteiger partial charge in [0.25, 0.3) is 0 Å². The van der Waals surface area contributed by atoms with E-state index in [0.717, 1.165) is 11.1 Å².